The summed E-state index contributed by atoms with van der Waals surface area (Å²) < 4.78 is 4.74. The van der Waals surface area contributed by atoms with Crippen molar-refractivity contribution >= 4 is 11.7 Å². The first-order valence-electron chi connectivity index (χ1n) is 3.15. The van der Waals surface area contributed by atoms with E-state index in [1.54, 1.807) is 18.3 Å². The SMILES string of the molecule is C=C1OC(=O)c2cccnc21. The molecule has 0 atom stereocenters. The Hall–Kier alpha value is -1.64. The predicted octanol–water partition coefficient (Wildman–Crippen LogP) is 1.22. The molecule has 0 unspecified atom stereocenters. The molecule has 0 saturated carbocycles. The number of rotatable bonds is 0. The van der Waals surface area contributed by atoms with E-state index in [-0.39, 0.29) is 5.97 Å². The molecule has 2 rings (SSSR count). The average molecular weight is 147 g/mol. The van der Waals surface area contributed by atoms with Gasteiger partial charge in [0.2, 0.25) is 0 Å². The van der Waals surface area contributed by atoms with E-state index >= 15 is 0 Å². The highest BCUT2D eigenvalue weighted by Gasteiger charge is 2.25. The molecule has 2 heterocycles. The van der Waals surface area contributed by atoms with Gasteiger partial charge in [-0.1, -0.05) is 6.58 Å². The zero-order valence-electron chi connectivity index (χ0n) is 5.70. The van der Waals surface area contributed by atoms with Crippen molar-refractivity contribution in [3.8, 4) is 0 Å². The van der Waals surface area contributed by atoms with Gasteiger partial charge in [0.15, 0.2) is 5.76 Å². The van der Waals surface area contributed by atoms with E-state index in [2.05, 4.69) is 11.6 Å². The van der Waals surface area contributed by atoms with E-state index in [9.17, 15) is 4.79 Å². The van der Waals surface area contributed by atoms with Crippen molar-refractivity contribution in [2.75, 3.05) is 0 Å². The van der Waals surface area contributed by atoms with Crippen LogP contribution in [0.3, 0.4) is 0 Å². The maximum Gasteiger partial charge on any atom is 0.345 e. The lowest BCUT2D eigenvalue weighted by atomic mass is 10.2. The molecule has 0 radical (unpaired) electrons. The van der Waals surface area contributed by atoms with Crippen LogP contribution in [0.25, 0.3) is 5.76 Å². The number of esters is 1. The summed E-state index contributed by atoms with van der Waals surface area (Å²) in [7, 11) is 0. The zero-order chi connectivity index (χ0) is 7.84. The van der Waals surface area contributed by atoms with Crippen LogP contribution in [0, 0.1) is 0 Å². The van der Waals surface area contributed by atoms with Crippen LogP contribution < -0.4 is 0 Å². The number of pyridine rings is 1. The quantitative estimate of drug-likeness (QED) is 0.518. The first-order valence-corrected chi connectivity index (χ1v) is 3.15. The average Bonchev–Trinajstić information content (AvgIpc) is 2.30. The van der Waals surface area contributed by atoms with Crippen LogP contribution in [0.2, 0.25) is 0 Å². The molecule has 0 saturated heterocycles. The summed E-state index contributed by atoms with van der Waals surface area (Å²) in [6, 6.07) is 3.36. The second-order valence-corrected chi connectivity index (χ2v) is 2.21. The summed E-state index contributed by atoms with van der Waals surface area (Å²) in [5.74, 6) is -0.0244. The van der Waals surface area contributed by atoms with Gasteiger partial charge in [-0.3, -0.25) is 4.98 Å². The fourth-order valence-corrected chi connectivity index (χ4v) is 1.01. The number of nitrogens with zero attached hydrogens (tertiary/aromatic N) is 1. The third kappa shape index (κ3) is 0.741. The molecule has 1 aliphatic heterocycles. The van der Waals surface area contributed by atoms with Crippen molar-refractivity contribution in [2.45, 2.75) is 0 Å². The van der Waals surface area contributed by atoms with Gasteiger partial charge < -0.3 is 4.74 Å². The largest absolute Gasteiger partial charge is 0.421 e. The molecule has 1 aromatic rings. The molecule has 0 bridgehead atoms. The van der Waals surface area contributed by atoms with Gasteiger partial charge in [-0.2, -0.15) is 0 Å². The lowest BCUT2D eigenvalue weighted by molar-refractivity contribution is 0.0716. The van der Waals surface area contributed by atoms with E-state index in [0.29, 0.717) is 17.0 Å². The number of hydrogen-bond acceptors (Lipinski definition) is 3. The normalized spacial score (nSPS) is 14.5. The van der Waals surface area contributed by atoms with Crippen LogP contribution >= 0.6 is 0 Å². The Bertz CT molecular complexity index is 311. The second-order valence-electron chi connectivity index (χ2n) is 2.21. The molecule has 0 aliphatic carbocycles. The van der Waals surface area contributed by atoms with E-state index in [0.717, 1.165) is 0 Å². The topological polar surface area (TPSA) is 39.2 Å². The summed E-state index contributed by atoms with van der Waals surface area (Å²) in [5.41, 5.74) is 1.05. The molecule has 0 amide bonds. The maximum atomic E-state index is 11.0. The Morgan fingerprint density at radius 2 is 2.36 bits per heavy atom. The third-order valence-electron chi connectivity index (χ3n) is 1.51. The Morgan fingerprint density at radius 1 is 1.55 bits per heavy atom. The Kier molecular flexibility index (Phi) is 1.06. The van der Waals surface area contributed by atoms with Crippen LogP contribution in [0.1, 0.15) is 16.1 Å². The first-order chi connectivity index (χ1) is 5.29. The first kappa shape index (κ1) is 6.09. The minimum atomic E-state index is -0.363. The van der Waals surface area contributed by atoms with Crippen LogP contribution in [0.15, 0.2) is 24.9 Å². The fourth-order valence-electron chi connectivity index (χ4n) is 1.01. The van der Waals surface area contributed by atoms with E-state index in [4.69, 9.17) is 4.74 Å². The Labute approximate surface area is 63.3 Å². The summed E-state index contributed by atoms with van der Waals surface area (Å²) >= 11 is 0. The molecular formula is C8H5NO2. The highest BCUT2D eigenvalue weighted by Crippen LogP contribution is 2.24. The maximum absolute atomic E-state index is 11.0. The molecule has 3 heteroatoms. The molecule has 3 nitrogen and oxygen atoms in total. The van der Waals surface area contributed by atoms with Crippen molar-refractivity contribution in [1.29, 1.82) is 0 Å². The minimum Gasteiger partial charge on any atom is -0.421 e. The highest BCUT2D eigenvalue weighted by atomic mass is 16.5. The van der Waals surface area contributed by atoms with Crippen molar-refractivity contribution in [1.82, 2.24) is 4.98 Å². The Morgan fingerprint density at radius 3 is 3.09 bits per heavy atom. The predicted molar refractivity (Wildman–Crippen MR) is 38.7 cm³/mol. The zero-order valence-corrected chi connectivity index (χ0v) is 5.70. The van der Waals surface area contributed by atoms with Crippen molar-refractivity contribution in [3.05, 3.63) is 36.2 Å². The number of ether oxygens (including phenoxy) is 1. The number of carbonyl (C=O) groups is 1. The van der Waals surface area contributed by atoms with E-state index < -0.39 is 0 Å². The molecule has 0 fully saturated rings. The molecule has 54 valence electrons. The van der Waals surface area contributed by atoms with Crippen molar-refractivity contribution in [2.24, 2.45) is 0 Å². The number of hydrogen-bond donors (Lipinski definition) is 0. The molecule has 11 heavy (non-hydrogen) atoms. The summed E-state index contributed by atoms with van der Waals surface area (Å²) in [5, 5.41) is 0. The minimum absolute atomic E-state index is 0.339. The molecule has 1 aromatic heterocycles. The monoisotopic (exact) mass is 147 g/mol. The number of carbonyl (C=O) groups excluding carboxylic acids is 1. The molecule has 0 aromatic carbocycles. The molecule has 1 aliphatic rings. The van der Waals surface area contributed by atoms with Crippen LogP contribution in [-0.4, -0.2) is 11.0 Å². The van der Waals surface area contributed by atoms with E-state index in [1.165, 1.54) is 0 Å². The summed E-state index contributed by atoms with van der Waals surface area (Å²) in [4.78, 5) is 14.9. The lowest BCUT2D eigenvalue weighted by Gasteiger charge is -1.89. The van der Waals surface area contributed by atoms with Gasteiger partial charge in [-0.05, 0) is 12.1 Å². The molecule has 0 spiro atoms. The number of cyclic esters (lactones) is 1. The van der Waals surface area contributed by atoms with Crippen molar-refractivity contribution in [3.63, 3.8) is 0 Å². The summed E-state index contributed by atoms with van der Waals surface area (Å²) in [6.07, 6.45) is 1.60. The lowest BCUT2D eigenvalue weighted by Crippen LogP contribution is -1.92. The van der Waals surface area contributed by atoms with Crippen LogP contribution in [-0.2, 0) is 4.74 Å². The number of fused-ring (bicyclic) bond motifs is 1. The third-order valence-corrected chi connectivity index (χ3v) is 1.51. The standard InChI is InChI=1S/C8H5NO2/c1-5-7-6(8(10)11-5)3-2-4-9-7/h2-4H,1H2. The van der Waals surface area contributed by atoms with Crippen LogP contribution in [0.4, 0.5) is 0 Å². The van der Waals surface area contributed by atoms with Gasteiger partial charge >= 0.3 is 5.97 Å². The van der Waals surface area contributed by atoms with Crippen LogP contribution in [0.5, 0.6) is 0 Å². The fraction of sp³-hybridized carbons (Fsp3) is 0. The molecule has 0 N–H and O–H groups in total. The molecular weight excluding hydrogens is 142 g/mol. The van der Waals surface area contributed by atoms with Gasteiger partial charge in [-0.25, -0.2) is 4.79 Å². The van der Waals surface area contributed by atoms with Gasteiger partial charge in [0, 0.05) is 6.20 Å². The van der Waals surface area contributed by atoms with Gasteiger partial charge in [-0.15, -0.1) is 0 Å². The van der Waals surface area contributed by atoms with Crippen molar-refractivity contribution < 1.29 is 9.53 Å². The second kappa shape index (κ2) is 1.92. The van der Waals surface area contributed by atoms with Gasteiger partial charge in [0.1, 0.15) is 5.69 Å². The summed E-state index contributed by atoms with van der Waals surface area (Å²) in [6.45, 7) is 3.54. The van der Waals surface area contributed by atoms with Gasteiger partial charge in [0.25, 0.3) is 0 Å². The smallest absolute Gasteiger partial charge is 0.345 e. The number of aromatic nitrogens is 1. The van der Waals surface area contributed by atoms with E-state index in [1.807, 2.05) is 0 Å². The van der Waals surface area contributed by atoms with Gasteiger partial charge in [0.05, 0.1) is 5.56 Å². The Balaban J connectivity index is 2.69. The highest BCUT2D eigenvalue weighted by molar-refractivity contribution is 6.01.